The zero-order valence-electron chi connectivity index (χ0n) is 11.7. The zero-order valence-corrected chi connectivity index (χ0v) is 14.1. The van der Waals surface area contributed by atoms with Crippen LogP contribution in [0.1, 0.15) is 11.1 Å². The van der Waals surface area contributed by atoms with E-state index < -0.39 is 0 Å². The number of hydrogen-bond donors (Lipinski definition) is 1. The lowest BCUT2D eigenvalue weighted by Crippen LogP contribution is -2.03. The first-order valence-electron chi connectivity index (χ1n) is 6.58. The number of aromatic nitrogens is 3. The van der Waals surface area contributed by atoms with E-state index in [1.807, 2.05) is 34.9 Å². The van der Waals surface area contributed by atoms with E-state index in [1.165, 1.54) is 0 Å². The molecule has 106 valence electrons. The molecule has 0 bridgehead atoms. The van der Waals surface area contributed by atoms with Gasteiger partial charge in [-0.1, -0.05) is 46.3 Å². The minimum atomic E-state index is 0.599. The number of benzene rings is 2. The maximum absolute atomic E-state index is 5.44. The van der Waals surface area contributed by atoms with E-state index in [4.69, 9.17) is 12.2 Å². The van der Waals surface area contributed by atoms with E-state index in [0.717, 1.165) is 32.7 Å². The number of aryl methyl sites for hydroxylation is 2. The number of nitrogens with one attached hydrogen (secondary N) is 1. The molecule has 5 heteroatoms. The number of nitrogens with zero attached hydrogens (tertiary/aromatic N) is 2. The van der Waals surface area contributed by atoms with Crippen molar-refractivity contribution in [1.82, 2.24) is 14.8 Å². The third kappa shape index (κ3) is 2.59. The van der Waals surface area contributed by atoms with Gasteiger partial charge in [0, 0.05) is 10.0 Å². The summed E-state index contributed by atoms with van der Waals surface area (Å²) in [6.07, 6.45) is 0. The van der Waals surface area contributed by atoms with Gasteiger partial charge in [0.15, 0.2) is 10.6 Å². The summed E-state index contributed by atoms with van der Waals surface area (Å²) in [6.45, 7) is 4.16. The first-order chi connectivity index (χ1) is 10.1. The fourth-order valence-electron chi connectivity index (χ4n) is 2.54. The summed E-state index contributed by atoms with van der Waals surface area (Å²) in [7, 11) is 0. The highest BCUT2D eigenvalue weighted by Crippen LogP contribution is 2.28. The van der Waals surface area contributed by atoms with Crippen LogP contribution in [0.2, 0.25) is 0 Å². The van der Waals surface area contributed by atoms with Crippen LogP contribution in [0.3, 0.4) is 0 Å². The summed E-state index contributed by atoms with van der Waals surface area (Å²) >= 11 is 8.97. The van der Waals surface area contributed by atoms with Crippen LogP contribution in [0, 0.1) is 18.6 Å². The highest BCUT2D eigenvalue weighted by molar-refractivity contribution is 9.10. The van der Waals surface area contributed by atoms with Crippen molar-refractivity contribution in [2.24, 2.45) is 0 Å². The first-order valence-corrected chi connectivity index (χ1v) is 7.78. The molecule has 3 nitrogen and oxygen atoms in total. The van der Waals surface area contributed by atoms with E-state index >= 15 is 0 Å². The van der Waals surface area contributed by atoms with E-state index in [2.05, 4.69) is 52.1 Å². The third-order valence-corrected chi connectivity index (χ3v) is 4.12. The highest BCUT2D eigenvalue weighted by Gasteiger charge is 2.14. The largest absolute Gasteiger partial charge is 0.268 e. The number of H-pyrrole nitrogens is 1. The molecule has 0 aliphatic carbocycles. The molecule has 1 N–H and O–H groups in total. The van der Waals surface area contributed by atoms with Gasteiger partial charge in [0.1, 0.15) is 0 Å². The Morgan fingerprint density at radius 2 is 1.71 bits per heavy atom. The Hall–Kier alpha value is -1.72. The molecule has 0 spiro atoms. The first kappa shape index (κ1) is 14.2. The Bertz CT molecular complexity index is 826. The molecular weight excluding hydrogens is 346 g/mol. The molecule has 0 saturated carbocycles. The Kier molecular flexibility index (Phi) is 3.78. The van der Waals surface area contributed by atoms with Gasteiger partial charge < -0.3 is 0 Å². The van der Waals surface area contributed by atoms with Crippen LogP contribution in [0.15, 0.2) is 46.9 Å². The smallest absolute Gasteiger partial charge is 0.200 e. The van der Waals surface area contributed by atoms with Crippen LogP contribution < -0.4 is 0 Å². The Morgan fingerprint density at radius 1 is 1.10 bits per heavy atom. The second-order valence-electron chi connectivity index (χ2n) is 4.94. The summed E-state index contributed by atoms with van der Waals surface area (Å²) in [5.41, 5.74) is 4.41. The summed E-state index contributed by atoms with van der Waals surface area (Å²) in [5.74, 6) is 0.828. The second kappa shape index (κ2) is 5.58. The van der Waals surface area contributed by atoms with Crippen molar-refractivity contribution in [1.29, 1.82) is 0 Å². The van der Waals surface area contributed by atoms with Crippen molar-refractivity contribution in [3.63, 3.8) is 0 Å². The highest BCUT2D eigenvalue weighted by atomic mass is 79.9. The quantitative estimate of drug-likeness (QED) is 0.654. The number of rotatable bonds is 2. The van der Waals surface area contributed by atoms with Crippen molar-refractivity contribution >= 4 is 28.1 Å². The van der Waals surface area contributed by atoms with Gasteiger partial charge in [-0.3, -0.25) is 9.67 Å². The number of hydrogen-bond acceptors (Lipinski definition) is 2. The van der Waals surface area contributed by atoms with E-state index in [1.54, 1.807) is 0 Å². The van der Waals surface area contributed by atoms with Crippen LogP contribution in [-0.4, -0.2) is 14.8 Å². The van der Waals surface area contributed by atoms with Crippen molar-refractivity contribution in [3.8, 4) is 17.1 Å². The van der Waals surface area contributed by atoms with Gasteiger partial charge in [-0.2, -0.15) is 5.10 Å². The predicted octanol–water partition coefficient (Wildman–Crippen LogP) is 4.98. The summed E-state index contributed by atoms with van der Waals surface area (Å²) in [5, 5.41) is 7.31. The molecule has 0 aliphatic rings. The topological polar surface area (TPSA) is 33.6 Å². The minimum absolute atomic E-state index is 0.599. The summed E-state index contributed by atoms with van der Waals surface area (Å²) < 4.78 is 3.67. The lowest BCUT2D eigenvalue weighted by molar-refractivity contribution is 1.01. The van der Waals surface area contributed by atoms with Crippen molar-refractivity contribution < 1.29 is 0 Å². The van der Waals surface area contributed by atoms with E-state index in [9.17, 15) is 0 Å². The zero-order chi connectivity index (χ0) is 15.0. The average molecular weight is 360 g/mol. The maximum atomic E-state index is 5.44. The summed E-state index contributed by atoms with van der Waals surface area (Å²) in [4.78, 5) is 0. The molecule has 0 amide bonds. The standard InChI is InChI=1S/C16H14BrN3S/c1-10-8-13(17)9-11(2)14(10)20-15(18-19-16(20)21)12-6-4-3-5-7-12/h3-9H,1-2H3,(H,19,21). The SMILES string of the molecule is Cc1cc(Br)cc(C)c1-n1c(-c2ccccc2)n[nH]c1=S. The van der Waals surface area contributed by atoms with Crippen LogP contribution in [0.4, 0.5) is 0 Å². The molecule has 0 aliphatic heterocycles. The molecule has 0 unspecified atom stereocenters. The molecule has 3 rings (SSSR count). The van der Waals surface area contributed by atoms with Crippen LogP contribution in [-0.2, 0) is 0 Å². The average Bonchev–Trinajstić information content (AvgIpc) is 2.81. The van der Waals surface area contributed by atoms with Crippen LogP contribution in [0.25, 0.3) is 17.1 Å². The van der Waals surface area contributed by atoms with Crippen LogP contribution >= 0.6 is 28.1 Å². The van der Waals surface area contributed by atoms with Gasteiger partial charge in [0.2, 0.25) is 0 Å². The molecule has 0 saturated heterocycles. The van der Waals surface area contributed by atoms with Gasteiger partial charge in [0.25, 0.3) is 0 Å². The Morgan fingerprint density at radius 3 is 2.33 bits per heavy atom. The van der Waals surface area contributed by atoms with Crippen molar-refractivity contribution in [2.45, 2.75) is 13.8 Å². The third-order valence-electron chi connectivity index (χ3n) is 3.38. The Balaban J connectivity index is 2.30. The predicted molar refractivity (Wildman–Crippen MR) is 91.4 cm³/mol. The van der Waals surface area contributed by atoms with E-state index in [-0.39, 0.29) is 0 Å². The van der Waals surface area contributed by atoms with Gasteiger partial charge >= 0.3 is 0 Å². The molecule has 0 atom stereocenters. The fourth-order valence-corrected chi connectivity index (χ4v) is 3.45. The molecule has 0 radical (unpaired) electrons. The monoisotopic (exact) mass is 359 g/mol. The lowest BCUT2D eigenvalue weighted by Gasteiger charge is -2.14. The van der Waals surface area contributed by atoms with Crippen molar-refractivity contribution in [2.75, 3.05) is 0 Å². The maximum Gasteiger partial charge on any atom is 0.200 e. The van der Waals surface area contributed by atoms with E-state index in [0.29, 0.717) is 4.77 Å². The van der Waals surface area contributed by atoms with Gasteiger partial charge in [-0.25, -0.2) is 0 Å². The minimum Gasteiger partial charge on any atom is -0.268 e. The molecule has 0 fully saturated rings. The van der Waals surface area contributed by atoms with Gasteiger partial charge in [-0.15, -0.1) is 0 Å². The molecular formula is C16H14BrN3S. The molecule has 3 aromatic rings. The number of halogens is 1. The second-order valence-corrected chi connectivity index (χ2v) is 6.24. The molecule has 21 heavy (non-hydrogen) atoms. The van der Waals surface area contributed by atoms with Crippen LogP contribution in [0.5, 0.6) is 0 Å². The lowest BCUT2D eigenvalue weighted by atomic mass is 10.1. The normalized spacial score (nSPS) is 10.8. The molecule has 1 aromatic heterocycles. The van der Waals surface area contributed by atoms with Gasteiger partial charge in [-0.05, 0) is 49.3 Å². The Labute approximate surface area is 136 Å². The fraction of sp³-hybridized carbons (Fsp3) is 0.125. The van der Waals surface area contributed by atoms with Gasteiger partial charge in [0.05, 0.1) is 5.69 Å². The summed E-state index contributed by atoms with van der Waals surface area (Å²) in [6, 6.07) is 14.2. The molecule has 2 aromatic carbocycles. The number of aromatic amines is 1. The van der Waals surface area contributed by atoms with Crippen molar-refractivity contribution in [3.05, 3.63) is 62.8 Å². The molecule has 1 heterocycles.